The number of hydrogen-bond donors (Lipinski definition) is 0. The van der Waals surface area contributed by atoms with Crippen LogP contribution >= 0.6 is 0 Å². The molecule has 12 nitrogen and oxygen atoms in total. The Labute approximate surface area is 538 Å². The van der Waals surface area contributed by atoms with Crippen molar-refractivity contribution in [3.8, 4) is 34.2 Å². The maximum atomic E-state index is 12.7. The molecule has 0 aliphatic heterocycles. The Balaban J connectivity index is 0.000000192. The van der Waals surface area contributed by atoms with Crippen LogP contribution in [0.2, 0.25) is 0 Å². The summed E-state index contributed by atoms with van der Waals surface area (Å²) >= 11 is 0. The fourth-order valence-corrected chi connectivity index (χ4v) is 12.9. The Bertz CT molecular complexity index is 3160. The lowest BCUT2D eigenvalue weighted by Gasteiger charge is -2.26. The number of unbranched alkanes of at least 4 members (excludes halogenated alkanes) is 9. The van der Waals surface area contributed by atoms with Crippen molar-refractivity contribution in [1.29, 1.82) is 0 Å². The predicted molar refractivity (Wildman–Crippen MR) is 360 cm³/mol. The highest BCUT2D eigenvalue weighted by molar-refractivity contribution is 6.05. The van der Waals surface area contributed by atoms with Crippen LogP contribution in [-0.4, -0.2) is 64.6 Å². The predicted octanol–water partition coefficient (Wildman–Crippen LogP) is 17.3. The van der Waals surface area contributed by atoms with Crippen molar-refractivity contribution in [2.75, 3.05) is 0 Å². The average molecular weight is 1220 g/mol. The number of benzene rings is 3. The topological polar surface area (TPSA) is 180 Å². The summed E-state index contributed by atoms with van der Waals surface area (Å²) in [5, 5.41) is 0. The molecule has 3 heterocycles. The number of hydrogen-bond acceptors (Lipinski definition) is 12. The Kier molecular flexibility index (Phi) is 29.7. The van der Waals surface area contributed by atoms with Gasteiger partial charge in [0.25, 0.3) is 0 Å². The van der Waals surface area contributed by atoms with Crippen LogP contribution in [0.1, 0.15) is 229 Å². The maximum Gasteiger partial charge on any atom is 0.159 e. The number of ketones is 6. The smallest absolute Gasteiger partial charge is 0.159 e. The normalized spacial score (nSPS) is 19.1. The van der Waals surface area contributed by atoms with Gasteiger partial charge in [0.1, 0.15) is 34.7 Å². The summed E-state index contributed by atoms with van der Waals surface area (Å²) in [5.41, 5.74) is 9.22. The van der Waals surface area contributed by atoms with Crippen molar-refractivity contribution in [1.82, 2.24) is 29.9 Å². The first-order chi connectivity index (χ1) is 43.8. The van der Waals surface area contributed by atoms with Crippen LogP contribution in [0.25, 0.3) is 34.2 Å². The highest BCUT2D eigenvalue weighted by atomic mass is 16.2. The van der Waals surface area contributed by atoms with E-state index in [-0.39, 0.29) is 34.7 Å². The quantitative estimate of drug-likeness (QED) is 0.0308. The van der Waals surface area contributed by atoms with E-state index < -0.39 is 17.8 Å². The maximum absolute atomic E-state index is 12.7. The van der Waals surface area contributed by atoms with Crippen LogP contribution in [0.3, 0.4) is 0 Å². The summed E-state index contributed by atoms with van der Waals surface area (Å²) in [6.07, 6.45) is 40.5. The van der Waals surface area contributed by atoms with Gasteiger partial charge < -0.3 is 0 Å². The van der Waals surface area contributed by atoms with Crippen LogP contribution in [0.4, 0.5) is 0 Å². The number of Topliss-reactive ketones (excluding diaryl/α,β-unsaturated/α-hetero) is 6. The molecule has 0 N–H and O–H groups in total. The molecule has 0 spiro atoms. The van der Waals surface area contributed by atoms with Crippen LogP contribution in [0.15, 0.2) is 110 Å². The second-order valence-corrected chi connectivity index (χ2v) is 26.1. The van der Waals surface area contributed by atoms with Gasteiger partial charge in [0.05, 0.1) is 17.8 Å². The largest absolute Gasteiger partial charge is 0.299 e. The lowest BCUT2D eigenvalue weighted by Crippen LogP contribution is -2.31. The molecule has 6 unspecified atom stereocenters. The van der Waals surface area contributed by atoms with Crippen molar-refractivity contribution < 1.29 is 28.8 Å². The molecule has 3 aromatic carbocycles. The van der Waals surface area contributed by atoms with Gasteiger partial charge in [-0.2, -0.15) is 0 Å². The summed E-state index contributed by atoms with van der Waals surface area (Å²) in [7, 11) is 0. The molecule has 9 rings (SSSR count). The summed E-state index contributed by atoms with van der Waals surface area (Å²) in [4.78, 5) is 102. The molecular formula is C78H102N6O6. The van der Waals surface area contributed by atoms with E-state index >= 15 is 0 Å². The monoisotopic (exact) mass is 1220 g/mol. The van der Waals surface area contributed by atoms with Crippen LogP contribution in [0, 0.1) is 35.5 Å². The minimum atomic E-state index is -0.404. The van der Waals surface area contributed by atoms with E-state index in [1.54, 1.807) is 0 Å². The minimum Gasteiger partial charge on any atom is -0.299 e. The zero-order chi connectivity index (χ0) is 64.0. The molecule has 0 saturated heterocycles. The van der Waals surface area contributed by atoms with Crippen molar-refractivity contribution in [2.24, 2.45) is 35.5 Å². The Morgan fingerprint density at radius 1 is 0.356 bits per heavy atom. The molecule has 3 fully saturated rings. The second kappa shape index (κ2) is 37.9. The standard InChI is InChI=1S/C27H36N2O2.C26H34N2O2.C25H32N2O2/c1-3-5-6-7-9-22-18-28-27(29-19-22)23-13-10-21(11-14-23)17-26(31)24-15-12-20(8-4-2)16-25(24)30;1-3-5-6-7-8-21-17-27-26(28-18-21)22-12-9-20(10-13-22)16-25(30)23-14-11-19(4-2)15-24(23)29;1-3-4-5-6-7-20-16-26-25(27-17-20)21-11-9-19(10-12-21)15-24(29)22-13-8-18(2)14-23(22)28/h10-11,13-14,18-20,24H,3-9,12,15-17H2,1-2H3;9-10,12-13,17-19,23H,3-8,11,14-16H2,1-2H3;9-12,16-18,22H,3-8,13-15H2,1-2H3. The van der Waals surface area contributed by atoms with E-state index in [4.69, 9.17) is 0 Å². The second-order valence-electron chi connectivity index (χ2n) is 26.1. The summed E-state index contributed by atoms with van der Waals surface area (Å²) in [6, 6.07) is 23.5. The molecule has 0 bridgehead atoms. The van der Waals surface area contributed by atoms with Crippen LogP contribution in [-0.2, 0) is 67.3 Å². The zero-order valence-electron chi connectivity index (χ0n) is 55.2. The van der Waals surface area contributed by atoms with E-state index in [0.717, 1.165) is 97.6 Å². The summed E-state index contributed by atoms with van der Waals surface area (Å²) < 4.78 is 0. The number of carbonyl (C=O) groups is 6. The van der Waals surface area contributed by atoms with Gasteiger partial charge >= 0.3 is 0 Å². The molecule has 480 valence electrons. The van der Waals surface area contributed by atoms with Gasteiger partial charge in [-0.05, 0) is 128 Å². The minimum absolute atomic E-state index is 0.0540. The summed E-state index contributed by atoms with van der Waals surface area (Å²) in [5.74, 6) is 2.84. The third-order valence-corrected chi connectivity index (χ3v) is 18.7. The highest BCUT2D eigenvalue weighted by Gasteiger charge is 2.35. The van der Waals surface area contributed by atoms with E-state index in [0.29, 0.717) is 86.6 Å². The van der Waals surface area contributed by atoms with Gasteiger partial charge in [-0.15, -0.1) is 0 Å². The van der Waals surface area contributed by atoms with E-state index in [2.05, 4.69) is 71.4 Å². The van der Waals surface area contributed by atoms with Crippen molar-refractivity contribution in [2.45, 2.75) is 234 Å². The molecule has 3 saturated carbocycles. The molecule has 0 radical (unpaired) electrons. The molecule has 6 aromatic rings. The Morgan fingerprint density at radius 3 is 0.967 bits per heavy atom. The third-order valence-electron chi connectivity index (χ3n) is 18.7. The zero-order valence-corrected chi connectivity index (χ0v) is 55.2. The first-order valence-electron chi connectivity index (χ1n) is 34.6. The lowest BCUT2D eigenvalue weighted by molar-refractivity contribution is -0.136. The molecule has 90 heavy (non-hydrogen) atoms. The number of aryl methyl sites for hydroxylation is 3. The van der Waals surface area contributed by atoms with E-state index in [1.165, 1.54) is 93.7 Å². The van der Waals surface area contributed by atoms with E-state index in [9.17, 15) is 28.8 Å². The molecule has 0 amide bonds. The van der Waals surface area contributed by atoms with Gasteiger partial charge in [0.2, 0.25) is 0 Å². The van der Waals surface area contributed by atoms with Crippen molar-refractivity contribution in [3.63, 3.8) is 0 Å². The fraction of sp³-hybridized carbons (Fsp3) is 0.538. The third kappa shape index (κ3) is 22.7. The van der Waals surface area contributed by atoms with Crippen molar-refractivity contribution >= 4 is 34.7 Å². The molecule has 3 aromatic heterocycles. The van der Waals surface area contributed by atoms with Crippen LogP contribution in [0.5, 0.6) is 0 Å². The Morgan fingerprint density at radius 2 is 0.667 bits per heavy atom. The van der Waals surface area contributed by atoms with Gasteiger partial charge in [0, 0.05) is 92.4 Å². The molecule has 3 aliphatic carbocycles. The van der Waals surface area contributed by atoms with E-state index in [1.807, 2.05) is 110 Å². The molecule has 6 atom stereocenters. The summed E-state index contributed by atoms with van der Waals surface area (Å²) in [6.45, 7) is 13.0. The Hall–Kier alpha value is -7.08. The highest BCUT2D eigenvalue weighted by Crippen LogP contribution is 2.33. The molecule has 12 heteroatoms. The fourth-order valence-electron chi connectivity index (χ4n) is 12.9. The van der Waals surface area contributed by atoms with Gasteiger partial charge in [-0.1, -0.05) is 191 Å². The van der Waals surface area contributed by atoms with Crippen LogP contribution < -0.4 is 0 Å². The number of aromatic nitrogens is 6. The van der Waals surface area contributed by atoms with Gasteiger partial charge in [-0.3, -0.25) is 28.8 Å². The molecule has 3 aliphatic rings. The number of rotatable bonds is 30. The average Bonchev–Trinajstić information content (AvgIpc) is 3.38. The lowest BCUT2D eigenvalue weighted by atomic mass is 9.76. The van der Waals surface area contributed by atoms with Gasteiger partial charge in [-0.25, -0.2) is 29.9 Å². The number of nitrogens with zero attached hydrogens (tertiary/aromatic N) is 6. The van der Waals surface area contributed by atoms with Gasteiger partial charge in [0.15, 0.2) is 17.5 Å². The molecular weight excluding hydrogens is 1120 g/mol. The first-order valence-corrected chi connectivity index (χ1v) is 34.6. The number of carbonyl (C=O) groups excluding carboxylic acids is 6. The SMILES string of the molecule is CCCCCCc1cnc(-c2ccc(CC(=O)C3CCC(C)CC3=O)cc2)nc1.CCCCCCc1cnc(-c2ccc(CC(=O)C3CCC(CC)CC3=O)cc2)nc1.CCCCCCc1cnc(-c2ccc(CC(=O)C3CCC(CCC)CC3=O)cc2)nc1. The first kappa shape index (κ1) is 70.4. The van der Waals surface area contributed by atoms with Crippen molar-refractivity contribution in [3.05, 3.63) is 143 Å².